The van der Waals surface area contributed by atoms with E-state index in [0.29, 0.717) is 17.7 Å². The molecule has 3 aromatic heterocycles. The van der Waals surface area contributed by atoms with Crippen LogP contribution < -0.4 is 5.10 Å². The Bertz CT molecular complexity index is 932. The second-order valence-electron chi connectivity index (χ2n) is 7.47. The molecule has 2 fully saturated rings. The van der Waals surface area contributed by atoms with Gasteiger partial charge in [0.1, 0.15) is 0 Å². The van der Waals surface area contributed by atoms with E-state index in [1.165, 1.54) is 0 Å². The summed E-state index contributed by atoms with van der Waals surface area (Å²) in [6.07, 6.45) is 11.8. The zero-order chi connectivity index (χ0) is 17.5. The first kappa shape index (κ1) is 15.5. The van der Waals surface area contributed by atoms with E-state index in [1.54, 1.807) is 6.20 Å². The lowest BCUT2D eigenvalue weighted by Gasteiger charge is -2.32. The van der Waals surface area contributed by atoms with E-state index in [1.807, 2.05) is 23.1 Å². The van der Waals surface area contributed by atoms with Gasteiger partial charge in [0.05, 0.1) is 17.2 Å². The molecule has 4 heterocycles. The van der Waals surface area contributed by atoms with Gasteiger partial charge < -0.3 is 15.1 Å². The van der Waals surface area contributed by atoms with Gasteiger partial charge in [0, 0.05) is 49.1 Å². The number of fused-ring (bicyclic) bond motifs is 1. The minimum atomic E-state index is 0.332. The predicted octanol–water partition coefficient (Wildman–Crippen LogP) is 2.10. The van der Waals surface area contributed by atoms with Crippen LogP contribution >= 0.6 is 0 Å². The van der Waals surface area contributed by atoms with Gasteiger partial charge >= 0.3 is 0 Å². The highest BCUT2D eigenvalue weighted by Crippen LogP contribution is 2.32. The lowest BCUT2D eigenvalue weighted by molar-refractivity contribution is -0.134. The number of hydrogen-bond donors (Lipinski definition) is 0. The molecule has 1 aliphatic heterocycles. The van der Waals surface area contributed by atoms with Crippen molar-refractivity contribution in [2.45, 2.75) is 32.2 Å². The molecule has 1 saturated carbocycles. The maximum atomic E-state index is 12.2. The largest absolute Gasteiger partial charge is 0.579 e. The molecule has 134 valence electrons. The standard InChI is InChI=1S/C19H21N6O/c26-19(14-1-2-14)24-5-3-13(4-6-24)11-25-12-16(9-22-25)15-7-17-18(20-8-15)10-21-23-17/h7-10,12-14H,1-6,11H2/q-1. The molecule has 3 aromatic rings. The number of aromatic nitrogens is 5. The minimum Gasteiger partial charge on any atom is -0.579 e. The fraction of sp³-hybridized carbons (Fsp3) is 0.474. The molecule has 0 spiro atoms. The summed E-state index contributed by atoms with van der Waals surface area (Å²) in [5.74, 6) is 1.29. The van der Waals surface area contributed by atoms with Crippen LogP contribution in [0.15, 0.2) is 30.9 Å². The van der Waals surface area contributed by atoms with E-state index in [9.17, 15) is 4.79 Å². The van der Waals surface area contributed by atoms with Crippen molar-refractivity contribution in [1.29, 1.82) is 0 Å². The molecule has 0 N–H and O–H groups in total. The Kier molecular flexibility index (Phi) is 3.72. The molecule has 2 aliphatic rings. The quantitative estimate of drug-likeness (QED) is 0.721. The number of rotatable bonds is 4. The predicted molar refractivity (Wildman–Crippen MR) is 96.1 cm³/mol. The van der Waals surface area contributed by atoms with Crippen LogP contribution in [-0.4, -0.2) is 43.8 Å². The molecule has 26 heavy (non-hydrogen) atoms. The first-order chi connectivity index (χ1) is 12.8. The number of likely N-dealkylation sites (tertiary alicyclic amines) is 1. The topological polar surface area (TPSA) is 78.0 Å². The van der Waals surface area contributed by atoms with Gasteiger partial charge in [-0.15, -0.1) is 6.20 Å². The molecule has 0 radical (unpaired) electrons. The summed E-state index contributed by atoms with van der Waals surface area (Å²) in [5.41, 5.74) is 3.68. The smallest absolute Gasteiger partial charge is 0.225 e. The molecule has 1 aliphatic carbocycles. The zero-order valence-electron chi connectivity index (χ0n) is 14.6. The summed E-state index contributed by atoms with van der Waals surface area (Å²) in [6, 6.07) is 2.00. The van der Waals surface area contributed by atoms with Crippen LogP contribution in [0.2, 0.25) is 0 Å². The van der Waals surface area contributed by atoms with Gasteiger partial charge in [0.2, 0.25) is 5.91 Å². The van der Waals surface area contributed by atoms with E-state index < -0.39 is 0 Å². The van der Waals surface area contributed by atoms with Gasteiger partial charge in [-0.25, -0.2) is 0 Å². The highest BCUT2D eigenvalue weighted by Gasteiger charge is 2.34. The Labute approximate surface area is 151 Å². The molecule has 1 saturated heterocycles. The number of carbonyl (C=O) groups is 1. The molecule has 0 unspecified atom stereocenters. The van der Waals surface area contributed by atoms with Crippen LogP contribution in [0.1, 0.15) is 25.7 Å². The summed E-state index contributed by atoms with van der Waals surface area (Å²) in [4.78, 5) is 18.6. The SMILES string of the molecule is O=C(C1CC1)N1CCC(Cn2cc(-c3cnc4c[n-]nc4c3)cn2)CC1. The molecule has 0 bridgehead atoms. The third-order valence-electron chi connectivity index (χ3n) is 5.51. The number of nitrogens with zero attached hydrogens (tertiary/aromatic N) is 6. The average molecular weight is 349 g/mol. The van der Waals surface area contributed by atoms with Crippen LogP contribution in [-0.2, 0) is 11.3 Å². The molecule has 1 amide bonds. The Morgan fingerprint density at radius 1 is 1.12 bits per heavy atom. The molecule has 0 aromatic carbocycles. The van der Waals surface area contributed by atoms with Crippen LogP contribution in [0.5, 0.6) is 0 Å². The van der Waals surface area contributed by atoms with E-state index in [0.717, 1.165) is 67.5 Å². The summed E-state index contributed by atoms with van der Waals surface area (Å²) in [5, 5.41) is 12.5. The monoisotopic (exact) mass is 349 g/mol. The van der Waals surface area contributed by atoms with Crippen molar-refractivity contribution in [3.05, 3.63) is 30.9 Å². The Balaban J connectivity index is 1.22. The molecular weight excluding hydrogens is 328 g/mol. The average Bonchev–Trinajstić information content (AvgIpc) is 3.23. The maximum Gasteiger partial charge on any atom is 0.225 e. The normalized spacial score (nSPS) is 18.5. The van der Waals surface area contributed by atoms with E-state index >= 15 is 0 Å². The second kappa shape index (κ2) is 6.23. The van der Waals surface area contributed by atoms with Gasteiger partial charge in [-0.3, -0.25) is 14.5 Å². The Morgan fingerprint density at radius 3 is 2.77 bits per heavy atom. The van der Waals surface area contributed by atoms with Crippen LogP contribution in [0, 0.1) is 11.8 Å². The van der Waals surface area contributed by atoms with Crippen molar-refractivity contribution in [3.8, 4) is 11.1 Å². The van der Waals surface area contributed by atoms with Crippen LogP contribution in [0.3, 0.4) is 0 Å². The van der Waals surface area contributed by atoms with Gasteiger partial charge in [0.25, 0.3) is 0 Å². The molecule has 5 rings (SSSR count). The van der Waals surface area contributed by atoms with Crippen LogP contribution in [0.4, 0.5) is 0 Å². The Hall–Kier alpha value is -2.70. The van der Waals surface area contributed by atoms with Crippen molar-refractivity contribution in [2.24, 2.45) is 11.8 Å². The third-order valence-corrected chi connectivity index (χ3v) is 5.51. The van der Waals surface area contributed by atoms with Crippen LogP contribution in [0.25, 0.3) is 22.2 Å². The van der Waals surface area contributed by atoms with Crippen molar-refractivity contribution >= 4 is 16.9 Å². The van der Waals surface area contributed by atoms with Gasteiger partial charge in [-0.2, -0.15) is 5.10 Å². The zero-order valence-corrected chi connectivity index (χ0v) is 14.6. The van der Waals surface area contributed by atoms with E-state index in [4.69, 9.17) is 0 Å². The summed E-state index contributed by atoms with van der Waals surface area (Å²) >= 11 is 0. The molecule has 7 nitrogen and oxygen atoms in total. The summed E-state index contributed by atoms with van der Waals surface area (Å²) in [6.45, 7) is 2.69. The number of pyridine rings is 1. The first-order valence-electron chi connectivity index (χ1n) is 9.32. The molecular formula is C19H21N6O-. The lowest BCUT2D eigenvalue weighted by atomic mass is 9.96. The third kappa shape index (κ3) is 2.98. The number of amides is 1. The summed E-state index contributed by atoms with van der Waals surface area (Å²) in [7, 11) is 0. The van der Waals surface area contributed by atoms with Gasteiger partial charge in [0.15, 0.2) is 0 Å². The van der Waals surface area contributed by atoms with E-state index in [2.05, 4.69) is 31.4 Å². The molecule has 7 heteroatoms. The van der Waals surface area contributed by atoms with Crippen molar-refractivity contribution in [1.82, 2.24) is 29.9 Å². The molecule has 0 atom stereocenters. The Morgan fingerprint density at radius 2 is 1.96 bits per heavy atom. The van der Waals surface area contributed by atoms with Crippen molar-refractivity contribution in [3.63, 3.8) is 0 Å². The van der Waals surface area contributed by atoms with E-state index in [-0.39, 0.29) is 0 Å². The first-order valence-corrected chi connectivity index (χ1v) is 9.32. The number of carbonyl (C=O) groups excluding carboxylic acids is 1. The minimum absolute atomic E-state index is 0.332. The summed E-state index contributed by atoms with van der Waals surface area (Å²) < 4.78 is 2.01. The second-order valence-corrected chi connectivity index (χ2v) is 7.47. The van der Waals surface area contributed by atoms with Crippen molar-refractivity contribution in [2.75, 3.05) is 13.1 Å². The lowest BCUT2D eigenvalue weighted by Crippen LogP contribution is -2.40. The number of piperidine rings is 1. The van der Waals surface area contributed by atoms with Gasteiger partial charge in [-0.05, 0) is 37.7 Å². The highest BCUT2D eigenvalue weighted by molar-refractivity contribution is 5.81. The fourth-order valence-corrected chi connectivity index (χ4v) is 3.75. The van der Waals surface area contributed by atoms with Gasteiger partial charge in [-0.1, -0.05) is 0 Å². The fourth-order valence-electron chi connectivity index (χ4n) is 3.75. The maximum absolute atomic E-state index is 12.2. The number of hydrogen-bond acceptors (Lipinski definition) is 4. The van der Waals surface area contributed by atoms with Crippen molar-refractivity contribution < 1.29 is 4.79 Å². The highest BCUT2D eigenvalue weighted by atomic mass is 16.2.